The van der Waals surface area contributed by atoms with E-state index in [9.17, 15) is 4.79 Å². The van der Waals surface area contributed by atoms with Gasteiger partial charge >= 0.3 is 5.97 Å². The third kappa shape index (κ3) is 4.24. The van der Waals surface area contributed by atoms with E-state index in [4.69, 9.17) is 9.47 Å². The van der Waals surface area contributed by atoms with Crippen LogP contribution in [0.1, 0.15) is 62.6 Å². The molecular weight excluding hydrogens is 492 g/mol. The largest absolute Gasteiger partial charge is 0.487 e. The van der Waals surface area contributed by atoms with E-state index in [0.29, 0.717) is 25.0 Å². The maximum absolute atomic E-state index is 12.4. The van der Waals surface area contributed by atoms with Crippen molar-refractivity contribution in [2.24, 2.45) is 11.8 Å². The zero-order valence-corrected chi connectivity index (χ0v) is 21.7. The Morgan fingerprint density at radius 2 is 2.09 bits per heavy atom. The fraction of sp³-hybridized carbons (Fsp3) is 0.536. The van der Waals surface area contributed by atoms with Gasteiger partial charge in [-0.2, -0.15) is 0 Å². The van der Waals surface area contributed by atoms with E-state index in [2.05, 4.69) is 44.8 Å². The number of fused-ring (bicyclic) bond motifs is 1. The molecular formula is C28H35BrN2O3. The monoisotopic (exact) mass is 526 g/mol. The first-order chi connectivity index (χ1) is 16.5. The Balaban J connectivity index is 1.56. The van der Waals surface area contributed by atoms with Crippen molar-refractivity contribution in [3.8, 4) is 5.75 Å². The van der Waals surface area contributed by atoms with Gasteiger partial charge in [-0.3, -0.25) is 0 Å². The summed E-state index contributed by atoms with van der Waals surface area (Å²) in [5.74, 6) is 1.92. The summed E-state index contributed by atoms with van der Waals surface area (Å²) in [6, 6.07) is 12.0. The number of anilines is 1. The second-order valence-electron chi connectivity index (χ2n) is 9.99. The summed E-state index contributed by atoms with van der Waals surface area (Å²) in [4.78, 5) is 12.4. The van der Waals surface area contributed by atoms with Gasteiger partial charge in [0.15, 0.2) is 0 Å². The number of piperidine rings is 1. The molecule has 1 saturated carbocycles. The number of nitrogens with one attached hydrogen (secondary N) is 2. The summed E-state index contributed by atoms with van der Waals surface area (Å²) < 4.78 is 12.7. The molecule has 2 aromatic rings. The van der Waals surface area contributed by atoms with Gasteiger partial charge in [0.25, 0.3) is 0 Å². The molecule has 1 heterocycles. The lowest BCUT2D eigenvalue weighted by Crippen LogP contribution is -2.59. The van der Waals surface area contributed by atoms with Crippen molar-refractivity contribution in [2.45, 2.75) is 70.6 Å². The van der Waals surface area contributed by atoms with Crippen LogP contribution in [0.3, 0.4) is 0 Å². The molecule has 0 aromatic heterocycles. The Kier molecular flexibility index (Phi) is 6.90. The molecule has 182 valence electrons. The number of rotatable bonds is 7. The maximum atomic E-state index is 12.4. The lowest BCUT2D eigenvalue weighted by Gasteiger charge is -2.56. The minimum Gasteiger partial charge on any atom is -0.487 e. The van der Waals surface area contributed by atoms with Crippen LogP contribution in [0.4, 0.5) is 5.69 Å². The highest BCUT2D eigenvalue weighted by Crippen LogP contribution is 2.56. The van der Waals surface area contributed by atoms with Crippen LogP contribution in [0.2, 0.25) is 0 Å². The predicted molar refractivity (Wildman–Crippen MR) is 138 cm³/mol. The lowest BCUT2D eigenvalue weighted by molar-refractivity contribution is -0.143. The van der Waals surface area contributed by atoms with Crippen LogP contribution in [0, 0.1) is 11.8 Å². The van der Waals surface area contributed by atoms with Gasteiger partial charge < -0.3 is 20.1 Å². The van der Waals surface area contributed by atoms with Crippen molar-refractivity contribution in [1.29, 1.82) is 0 Å². The molecule has 4 unspecified atom stereocenters. The number of ether oxygens (including phenoxy) is 2. The number of esters is 1. The third-order valence-corrected chi connectivity index (χ3v) is 8.89. The fourth-order valence-electron chi connectivity index (χ4n) is 6.47. The van der Waals surface area contributed by atoms with Crippen LogP contribution in [-0.2, 0) is 28.1 Å². The van der Waals surface area contributed by atoms with Crippen molar-refractivity contribution < 1.29 is 14.3 Å². The quantitative estimate of drug-likeness (QED) is 0.437. The second kappa shape index (κ2) is 9.90. The van der Waals surface area contributed by atoms with Gasteiger partial charge in [0.05, 0.1) is 12.3 Å². The van der Waals surface area contributed by atoms with Crippen LogP contribution < -0.4 is 15.4 Å². The minimum absolute atomic E-state index is 0.0351. The van der Waals surface area contributed by atoms with E-state index in [1.165, 1.54) is 43.2 Å². The standard InChI is InChI=1S/C28H35BrN2O3/c1-3-33-27(32)18(2)31-26-24(34-17-19-9-5-4-6-10-19)16-23-21(25(26)29)15-20-12-14-30-28(23)13-8-7-11-22(20)28/h4-6,9-10,16,18,20,22,30-31H,3,7-8,11-15,17H2,1-2H3. The first kappa shape index (κ1) is 23.7. The molecule has 5 rings (SSSR count). The average molecular weight is 528 g/mol. The van der Waals surface area contributed by atoms with Crippen molar-refractivity contribution in [1.82, 2.24) is 5.32 Å². The normalized spacial score (nSPS) is 26.1. The van der Waals surface area contributed by atoms with Gasteiger partial charge in [-0.25, -0.2) is 4.79 Å². The average Bonchev–Trinajstić information content (AvgIpc) is 2.86. The smallest absolute Gasteiger partial charge is 0.328 e. The summed E-state index contributed by atoms with van der Waals surface area (Å²) in [7, 11) is 0. The highest BCUT2D eigenvalue weighted by atomic mass is 79.9. The van der Waals surface area contributed by atoms with Crippen LogP contribution in [-0.4, -0.2) is 25.2 Å². The summed E-state index contributed by atoms with van der Waals surface area (Å²) in [6.45, 7) is 5.60. The number of halogens is 1. The number of hydrogen-bond donors (Lipinski definition) is 2. The number of benzene rings is 2. The molecule has 34 heavy (non-hydrogen) atoms. The van der Waals surface area contributed by atoms with Gasteiger partial charge in [-0.1, -0.05) is 43.2 Å². The molecule has 4 atom stereocenters. The Morgan fingerprint density at radius 3 is 2.88 bits per heavy atom. The lowest BCUT2D eigenvalue weighted by atomic mass is 9.56. The Labute approximate surface area is 211 Å². The van der Waals surface area contributed by atoms with E-state index in [-0.39, 0.29) is 11.5 Å². The van der Waals surface area contributed by atoms with E-state index >= 15 is 0 Å². The molecule has 2 fully saturated rings. The van der Waals surface area contributed by atoms with Crippen molar-refractivity contribution >= 4 is 27.6 Å². The maximum Gasteiger partial charge on any atom is 0.328 e. The van der Waals surface area contributed by atoms with Gasteiger partial charge in [0.2, 0.25) is 0 Å². The van der Waals surface area contributed by atoms with Crippen molar-refractivity contribution in [2.75, 3.05) is 18.5 Å². The van der Waals surface area contributed by atoms with Crippen LogP contribution >= 0.6 is 15.9 Å². The molecule has 5 nitrogen and oxygen atoms in total. The Morgan fingerprint density at radius 1 is 1.26 bits per heavy atom. The summed E-state index contributed by atoms with van der Waals surface area (Å²) in [5.41, 5.74) is 4.75. The summed E-state index contributed by atoms with van der Waals surface area (Å²) in [5, 5.41) is 7.39. The first-order valence-corrected chi connectivity index (χ1v) is 13.5. The SMILES string of the molecule is CCOC(=O)C(C)Nc1c(OCc2ccccc2)cc2c(c1Br)CC1CCNC23CCCCC13. The topological polar surface area (TPSA) is 59.6 Å². The van der Waals surface area contributed by atoms with Crippen LogP contribution in [0.15, 0.2) is 40.9 Å². The molecule has 2 aliphatic carbocycles. The van der Waals surface area contributed by atoms with Gasteiger partial charge in [-0.15, -0.1) is 0 Å². The Hall–Kier alpha value is -2.05. The molecule has 0 amide bonds. The summed E-state index contributed by atoms with van der Waals surface area (Å²) in [6.07, 6.45) is 7.37. The van der Waals surface area contributed by atoms with Gasteiger partial charge in [-0.05, 0) is 96.6 Å². The van der Waals surface area contributed by atoms with E-state index in [1.807, 2.05) is 32.0 Å². The van der Waals surface area contributed by atoms with E-state index in [1.54, 1.807) is 0 Å². The third-order valence-electron chi connectivity index (χ3n) is 8.01. The zero-order valence-electron chi connectivity index (χ0n) is 20.2. The molecule has 0 radical (unpaired) electrons. The highest BCUT2D eigenvalue weighted by Gasteiger charge is 2.52. The molecule has 1 saturated heterocycles. The Bertz CT molecular complexity index is 1040. The second-order valence-corrected chi connectivity index (χ2v) is 10.8. The number of carbonyl (C=O) groups is 1. The molecule has 2 N–H and O–H groups in total. The number of hydrogen-bond acceptors (Lipinski definition) is 5. The van der Waals surface area contributed by atoms with Gasteiger partial charge in [0, 0.05) is 10.0 Å². The first-order valence-electron chi connectivity index (χ1n) is 12.7. The molecule has 3 aliphatic rings. The highest BCUT2D eigenvalue weighted by molar-refractivity contribution is 9.10. The molecule has 2 aromatic carbocycles. The minimum atomic E-state index is -0.477. The van der Waals surface area contributed by atoms with Crippen molar-refractivity contribution in [3.05, 3.63) is 57.6 Å². The van der Waals surface area contributed by atoms with Gasteiger partial charge in [0.1, 0.15) is 18.4 Å². The predicted octanol–water partition coefficient (Wildman–Crippen LogP) is 5.94. The van der Waals surface area contributed by atoms with Crippen molar-refractivity contribution in [3.63, 3.8) is 0 Å². The van der Waals surface area contributed by atoms with Crippen LogP contribution in [0.25, 0.3) is 0 Å². The van der Waals surface area contributed by atoms with Crippen LogP contribution in [0.5, 0.6) is 5.75 Å². The zero-order chi connectivity index (χ0) is 23.7. The van der Waals surface area contributed by atoms with E-state index in [0.717, 1.165) is 34.4 Å². The molecule has 0 spiro atoms. The van der Waals surface area contributed by atoms with E-state index < -0.39 is 6.04 Å². The molecule has 2 bridgehead atoms. The fourth-order valence-corrected chi connectivity index (χ4v) is 7.15. The molecule has 1 aliphatic heterocycles. The number of carbonyl (C=O) groups excluding carboxylic acids is 1. The molecule has 6 heteroatoms. The summed E-state index contributed by atoms with van der Waals surface area (Å²) >= 11 is 3.96.